The summed E-state index contributed by atoms with van der Waals surface area (Å²) in [6.45, 7) is 1.16. The van der Waals surface area contributed by atoms with Crippen LogP contribution in [-0.2, 0) is 19.5 Å². The third-order valence-electron chi connectivity index (χ3n) is 7.41. The Kier molecular flexibility index (Phi) is 12.5. The lowest BCUT2D eigenvalue weighted by Crippen LogP contribution is -2.03. The van der Waals surface area contributed by atoms with Crippen molar-refractivity contribution in [2.24, 2.45) is 0 Å². The maximum absolute atomic E-state index is 12.4. The molecule has 55 heavy (non-hydrogen) atoms. The smallest absolute Gasteiger partial charge is 0.358 e. The summed E-state index contributed by atoms with van der Waals surface area (Å²) in [6, 6.07) is 20.6. The van der Waals surface area contributed by atoms with E-state index >= 15 is 0 Å². The number of anilines is 1. The molecule has 0 fully saturated rings. The average Bonchev–Trinajstić information content (AvgIpc) is 4.01. The first-order valence-electron chi connectivity index (χ1n) is 16.0. The molecule has 0 amide bonds. The van der Waals surface area contributed by atoms with Crippen molar-refractivity contribution in [2.75, 3.05) is 5.73 Å². The zero-order valence-corrected chi connectivity index (χ0v) is 31.2. The van der Waals surface area contributed by atoms with Crippen LogP contribution in [0.1, 0.15) is 37.7 Å². The molecule has 0 saturated carbocycles. The minimum absolute atomic E-state index is 0.133. The second-order valence-electron chi connectivity index (χ2n) is 11.5. The third-order valence-corrected chi connectivity index (χ3v) is 8.89. The van der Waals surface area contributed by atoms with Gasteiger partial charge in [-0.2, -0.15) is 10.2 Å². The number of carbonyl (C=O) groups excluding carboxylic acids is 1. The van der Waals surface area contributed by atoms with Crippen LogP contribution in [0.4, 0.5) is 5.69 Å². The summed E-state index contributed by atoms with van der Waals surface area (Å²) < 4.78 is 23.6. The zero-order valence-electron chi connectivity index (χ0n) is 28.2. The van der Waals surface area contributed by atoms with E-state index in [9.17, 15) is 9.59 Å². The standard InChI is InChI=1S/C19H13Cl2N3O3.C10H9Cl2N3.C8H5NO4/c20-14-4-3-12(6-15(14)21)10-24-11-13(9-22-24)7-17(25)16-8-19(27-23-16)18-2-1-5-26-18;11-9-2-1-7(3-10(9)12)5-15-6-8(13)4-14-15;10-8(11)5-4-7(13-9-5)6-2-1-3-12-6/h1-6,8-9,11H,7,10H2;1-4,6H,5,13H2;1-4H,(H,10,11). The molecule has 14 nitrogen and oxygen atoms in total. The molecule has 6 aromatic heterocycles. The molecule has 18 heteroatoms. The van der Waals surface area contributed by atoms with E-state index in [0.717, 1.165) is 16.7 Å². The van der Waals surface area contributed by atoms with Crippen LogP contribution >= 0.6 is 46.4 Å². The first kappa shape index (κ1) is 38.7. The van der Waals surface area contributed by atoms with Gasteiger partial charge in [-0.15, -0.1) is 0 Å². The summed E-state index contributed by atoms with van der Waals surface area (Å²) >= 11 is 23.7. The molecule has 8 rings (SSSR count). The van der Waals surface area contributed by atoms with Crippen molar-refractivity contribution in [1.82, 2.24) is 29.9 Å². The molecule has 0 spiro atoms. The van der Waals surface area contributed by atoms with E-state index in [2.05, 4.69) is 20.5 Å². The number of halogens is 4. The van der Waals surface area contributed by atoms with Gasteiger partial charge in [0.05, 0.1) is 63.8 Å². The van der Waals surface area contributed by atoms with E-state index < -0.39 is 5.97 Å². The number of nitrogens with two attached hydrogens (primary N) is 1. The van der Waals surface area contributed by atoms with Crippen LogP contribution in [0, 0.1) is 0 Å². The van der Waals surface area contributed by atoms with E-state index in [0.29, 0.717) is 61.9 Å². The molecular weight excluding hydrogens is 796 g/mol. The number of benzene rings is 2. The van der Waals surface area contributed by atoms with E-state index in [1.165, 1.54) is 18.6 Å². The first-order valence-corrected chi connectivity index (χ1v) is 17.5. The molecule has 0 atom stereocenters. The number of rotatable bonds is 10. The van der Waals surface area contributed by atoms with Gasteiger partial charge < -0.3 is 28.7 Å². The predicted molar refractivity (Wildman–Crippen MR) is 203 cm³/mol. The van der Waals surface area contributed by atoms with Crippen LogP contribution in [0.2, 0.25) is 20.1 Å². The molecule has 280 valence electrons. The van der Waals surface area contributed by atoms with Crippen LogP contribution in [0.15, 0.2) is 128 Å². The molecule has 8 aromatic rings. The third kappa shape index (κ3) is 10.5. The molecule has 0 aliphatic heterocycles. The lowest BCUT2D eigenvalue weighted by atomic mass is 10.1. The van der Waals surface area contributed by atoms with E-state index in [1.807, 2.05) is 24.4 Å². The number of aromatic carboxylic acids is 1. The molecule has 2 aromatic carbocycles. The highest BCUT2D eigenvalue weighted by Gasteiger charge is 2.17. The summed E-state index contributed by atoms with van der Waals surface area (Å²) in [6.07, 6.45) is 10.0. The van der Waals surface area contributed by atoms with Gasteiger partial charge in [-0.05, 0) is 65.2 Å². The molecule has 6 heterocycles. The summed E-state index contributed by atoms with van der Waals surface area (Å²) in [5, 5.41) is 26.2. The fraction of sp³-hybridized carbons (Fsp3) is 0.0811. The molecule has 0 aliphatic rings. The van der Waals surface area contributed by atoms with Crippen molar-refractivity contribution >= 4 is 63.8 Å². The molecule has 0 saturated heterocycles. The Labute approximate surface area is 331 Å². The summed E-state index contributed by atoms with van der Waals surface area (Å²) in [4.78, 5) is 22.9. The molecule has 0 unspecified atom stereocenters. The van der Waals surface area contributed by atoms with Gasteiger partial charge in [0, 0.05) is 30.9 Å². The summed E-state index contributed by atoms with van der Waals surface area (Å²) in [5.41, 5.74) is 9.10. The Hall–Kier alpha value is -6.06. The molecule has 0 bridgehead atoms. The number of hydrogen-bond acceptors (Lipinski definition) is 11. The van der Waals surface area contributed by atoms with Crippen LogP contribution in [0.3, 0.4) is 0 Å². The number of carbonyl (C=O) groups is 2. The van der Waals surface area contributed by atoms with Gasteiger partial charge in [0.2, 0.25) is 11.5 Å². The van der Waals surface area contributed by atoms with E-state index in [-0.39, 0.29) is 23.6 Å². The minimum Gasteiger partial charge on any atom is -0.476 e. The molecule has 0 radical (unpaired) electrons. The van der Waals surface area contributed by atoms with Gasteiger partial charge in [0.25, 0.3) is 0 Å². The average molecular weight is 823 g/mol. The molecule has 3 N–H and O–H groups in total. The van der Waals surface area contributed by atoms with E-state index in [1.54, 1.807) is 76.5 Å². The van der Waals surface area contributed by atoms with Gasteiger partial charge in [-0.3, -0.25) is 14.2 Å². The highest BCUT2D eigenvalue weighted by Crippen LogP contribution is 2.25. The number of nitrogen functional groups attached to an aromatic ring is 1. The Morgan fingerprint density at radius 2 is 1.16 bits per heavy atom. The minimum atomic E-state index is -1.12. The number of ketones is 1. The molecule has 0 aliphatic carbocycles. The monoisotopic (exact) mass is 821 g/mol. The van der Waals surface area contributed by atoms with Crippen molar-refractivity contribution < 1.29 is 32.6 Å². The summed E-state index contributed by atoms with van der Waals surface area (Å²) in [7, 11) is 0. The largest absolute Gasteiger partial charge is 0.476 e. The topological polar surface area (TPSA) is 194 Å². The lowest BCUT2D eigenvalue weighted by molar-refractivity contribution is 0.0685. The van der Waals surface area contributed by atoms with Gasteiger partial charge in [0.1, 0.15) is 0 Å². The lowest BCUT2D eigenvalue weighted by Gasteiger charge is -2.03. The molecular formula is C37H27Cl4N7O7. The quantitative estimate of drug-likeness (QED) is 0.124. The van der Waals surface area contributed by atoms with Gasteiger partial charge >= 0.3 is 5.97 Å². The maximum Gasteiger partial charge on any atom is 0.358 e. The SMILES string of the molecule is Nc1cnn(Cc2ccc(Cl)c(Cl)c2)c1.O=C(Cc1cnn(Cc2ccc(Cl)c(Cl)c2)c1)c1cc(-c2ccco2)on1.O=C(O)c1cc(-c2ccco2)on1. The van der Waals surface area contributed by atoms with Crippen molar-refractivity contribution in [3.05, 3.63) is 158 Å². The van der Waals surface area contributed by atoms with Gasteiger partial charge in [-0.25, -0.2) is 4.79 Å². The number of aromatic nitrogens is 6. The highest BCUT2D eigenvalue weighted by atomic mass is 35.5. The predicted octanol–water partition coefficient (Wildman–Crippen LogP) is 9.36. The van der Waals surface area contributed by atoms with Crippen LogP contribution in [0.25, 0.3) is 23.0 Å². The second kappa shape index (κ2) is 17.8. The fourth-order valence-electron chi connectivity index (χ4n) is 4.83. The Bertz CT molecular complexity index is 2500. The fourth-order valence-corrected chi connectivity index (χ4v) is 5.47. The zero-order chi connectivity index (χ0) is 38.9. The number of hydrogen-bond donors (Lipinski definition) is 2. The number of nitrogens with zero attached hydrogens (tertiary/aromatic N) is 6. The van der Waals surface area contributed by atoms with Crippen molar-refractivity contribution in [3.63, 3.8) is 0 Å². The Balaban J connectivity index is 0.000000155. The number of carboxylic acid groups (broad SMARTS) is 1. The van der Waals surface area contributed by atoms with Crippen molar-refractivity contribution in [2.45, 2.75) is 19.5 Å². The number of carboxylic acids is 1. The van der Waals surface area contributed by atoms with Gasteiger partial charge in [0.15, 0.2) is 28.7 Å². The van der Waals surface area contributed by atoms with Crippen molar-refractivity contribution in [3.8, 4) is 23.0 Å². The van der Waals surface area contributed by atoms with Crippen LogP contribution < -0.4 is 5.73 Å². The maximum atomic E-state index is 12.4. The van der Waals surface area contributed by atoms with Crippen molar-refractivity contribution in [1.29, 1.82) is 0 Å². The normalized spacial score (nSPS) is 10.7. The Morgan fingerprint density at radius 1 is 0.636 bits per heavy atom. The highest BCUT2D eigenvalue weighted by molar-refractivity contribution is 6.42. The summed E-state index contributed by atoms with van der Waals surface area (Å²) in [5.74, 6) is 0.421. The number of Topliss-reactive ketones (excluding diaryl/α,β-unsaturated/α-hetero) is 1. The Morgan fingerprint density at radius 3 is 1.64 bits per heavy atom. The second-order valence-corrected chi connectivity index (χ2v) is 13.2. The van der Waals surface area contributed by atoms with E-state index in [4.69, 9.17) is 75.1 Å². The van der Waals surface area contributed by atoms with Crippen LogP contribution in [0.5, 0.6) is 0 Å². The number of furan rings is 2. The first-order chi connectivity index (χ1) is 26.5. The van der Waals surface area contributed by atoms with Crippen LogP contribution in [-0.4, -0.2) is 46.7 Å². The van der Waals surface area contributed by atoms with Gasteiger partial charge in [-0.1, -0.05) is 68.8 Å².